The highest BCUT2D eigenvalue weighted by Gasteiger charge is 2.33. The second-order valence-electron chi connectivity index (χ2n) is 8.66. The summed E-state index contributed by atoms with van der Waals surface area (Å²) >= 11 is 0. The molecular weight excluding hydrogens is 274 g/mol. The first-order chi connectivity index (χ1) is 10.4. The standard InChI is InChI=1S/C19H38NO2/c1-15(2)18-9-8-16(3)12-19(18)22-14-17(21)13-20(4)10-6-5-7-11-20/h15-19,21H,5-14H2,1-4H3/q+1/t16-,17-,18+,19-/m1/s1. The van der Waals surface area contributed by atoms with E-state index in [-0.39, 0.29) is 6.10 Å². The Hall–Kier alpha value is -0.120. The molecule has 0 spiro atoms. The second-order valence-corrected chi connectivity index (χ2v) is 8.66. The lowest BCUT2D eigenvalue weighted by Gasteiger charge is -2.40. The summed E-state index contributed by atoms with van der Waals surface area (Å²) < 4.78 is 7.24. The van der Waals surface area contributed by atoms with Crippen LogP contribution in [0.25, 0.3) is 0 Å². The van der Waals surface area contributed by atoms with E-state index in [2.05, 4.69) is 27.8 Å². The molecule has 0 aromatic carbocycles. The third-order valence-corrected chi connectivity index (χ3v) is 6.01. The van der Waals surface area contributed by atoms with Gasteiger partial charge in [0, 0.05) is 0 Å². The number of ether oxygens (including phenoxy) is 1. The molecule has 1 heterocycles. The highest BCUT2D eigenvalue weighted by molar-refractivity contribution is 4.81. The second kappa shape index (κ2) is 8.12. The predicted molar refractivity (Wildman–Crippen MR) is 91.7 cm³/mol. The Morgan fingerprint density at radius 2 is 1.82 bits per heavy atom. The lowest BCUT2D eigenvalue weighted by atomic mass is 9.75. The quantitative estimate of drug-likeness (QED) is 0.761. The lowest BCUT2D eigenvalue weighted by Crippen LogP contribution is -2.53. The van der Waals surface area contributed by atoms with Crippen molar-refractivity contribution in [3.63, 3.8) is 0 Å². The molecule has 0 unspecified atom stereocenters. The van der Waals surface area contributed by atoms with Gasteiger partial charge in [0.1, 0.15) is 12.6 Å². The summed E-state index contributed by atoms with van der Waals surface area (Å²) in [5.74, 6) is 2.12. The number of hydrogen-bond acceptors (Lipinski definition) is 2. The summed E-state index contributed by atoms with van der Waals surface area (Å²) in [4.78, 5) is 0. The monoisotopic (exact) mass is 312 g/mol. The fourth-order valence-corrected chi connectivity index (χ4v) is 4.56. The van der Waals surface area contributed by atoms with Crippen molar-refractivity contribution in [1.29, 1.82) is 0 Å². The topological polar surface area (TPSA) is 29.5 Å². The molecule has 130 valence electrons. The van der Waals surface area contributed by atoms with E-state index in [4.69, 9.17) is 4.74 Å². The van der Waals surface area contributed by atoms with Crippen LogP contribution in [0.4, 0.5) is 0 Å². The Balaban J connectivity index is 1.79. The summed E-state index contributed by atoms with van der Waals surface area (Å²) in [5.41, 5.74) is 0. The summed E-state index contributed by atoms with van der Waals surface area (Å²) in [5, 5.41) is 10.4. The SMILES string of the molecule is CC(C)[C@@H]1CC[C@@H](C)C[C@H]1OC[C@H](O)C[N+]1(C)CCCCC1. The smallest absolute Gasteiger partial charge is 0.126 e. The van der Waals surface area contributed by atoms with Crippen molar-refractivity contribution < 1.29 is 14.3 Å². The Morgan fingerprint density at radius 3 is 2.45 bits per heavy atom. The van der Waals surface area contributed by atoms with Crippen LogP contribution in [0.5, 0.6) is 0 Å². The van der Waals surface area contributed by atoms with E-state index in [1.807, 2.05) is 0 Å². The third-order valence-electron chi connectivity index (χ3n) is 6.01. The molecule has 1 N–H and O–H groups in total. The van der Waals surface area contributed by atoms with Crippen molar-refractivity contribution in [2.75, 3.05) is 33.3 Å². The van der Waals surface area contributed by atoms with Crippen LogP contribution in [0.15, 0.2) is 0 Å². The largest absolute Gasteiger partial charge is 0.385 e. The Kier molecular flexibility index (Phi) is 6.73. The normalized spacial score (nSPS) is 33.8. The third kappa shape index (κ3) is 5.21. The van der Waals surface area contributed by atoms with E-state index in [0.717, 1.165) is 16.9 Å². The molecule has 1 saturated carbocycles. The first-order valence-electron chi connectivity index (χ1n) is 9.53. The lowest BCUT2D eigenvalue weighted by molar-refractivity contribution is -0.916. The van der Waals surface area contributed by atoms with Gasteiger partial charge in [-0.1, -0.05) is 27.2 Å². The molecule has 1 aliphatic heterocycles. The van der Waals surface area contributed by atoms with Crippen LogP contribution >= 0.6 is 0 Å². The number of nitrogens with zero attached hydrogens (tertiary/aromatic N) is 1. The van der Waals surface area contributed by atoms with Crippen LogP contribution in [0.1, 0.15) is 59.3 Å². The molecule has 3 heteroatoms. The fraction of sp³-hybridized carbons (Fsp3) is 1.00. The summed E-state index contributed by atoms with van der Waals surface area (Å²) in [7, 11) is 2.29. The van der Waals surface area contributed by atoms with Crippen molar-refractivity contribution in [3.8, 4) is 0 Å². The molecule has 0 bridgehead atoms. The van der Waals surface area contributed by atoms with Gasteiger partial charge in [0.2, 0.25) is 0 Å². The zero-order valence-corrected chi connectivity index (χ0v) is 15.3. The maximum absolute atomic E-state index is 10.4. The zero-order valence-electron chi connectivity index (χ0n) is 15.3. The van der Waals surface area contributed by atoms with E-state index in [1.54, 1.807) is 0 Å². The van der Waals surface area contributed by atoms with E-state index in [0.29, 0.717) is 24.5 Å². The fourth-order valence-electron chi connectivity index (χ4n) is 4.56. The van der Waals surface area contributed by atoms with Crippen molar-refractivity contribution in [3.05, 3.63) is 0 Å². The molecular formula is C19H38NO2+. The van der Waals surface area contributed by atoms with Crippen molar-refractivity contribution in [2.45, 2.75) is 71.5 Å². The molecule has 0 aromatic rings. The maximum atomic E-state index is 10.4. The van der Waals surface area contributed by atoms with E-state index < -0.39 is 0 Å². The number of likely N-dealkylation sites (tertiary alicyclic amines) is 1. The first kappa shape index (κ1) is 18.2. The number of hydrogen-bond donors (Lipinski definition) is 1. The van der Waals surface area contributed by atoms with Gasteiger partial charge in [0.25, 0.3) is 0 Å². The highest BCUT2D eigenvalue weighted by atomic mass is 16.5. The summed E-state index contributed by atoms with van der Waals surface area (Å²) in [6.45, 7) is 10.8. The molecule has 0 aromatic heterocycles. The van der Waals surface area contributed by atoms with E-state index >= 15 is 0 Å². The number of piperidine rings is 1. The van der Waals surface area contributed by atoms with Crippen molar-refractivity contribution in [1.82, 2.24) is 0 Å². The van der Waals surface area contributed by atoms with Gasteiger partial charge in [0.15, 0.2) is 0 Å². The Morgan fingerprint density at radius 1 is 1.14 bits per heavy atom. The van der Waals surface area contributed by atoms with Gasteiger partial charge in [-0.15, -0.1) is 0 Å². The molecule has 2 rings (SSSR count). The van der Waals surface area contributed by atoms with Gasteiger partial charge in [-0.3, -0.25) is 0 Å². The minimum absolute atomic E-state index is 0.312. The molecule has 0 amide bonds. The molecule has 2 aliphatic rings. The molecule has 1 aliphatic carbocycles. The number of quaternary nitrogens is 1. The van der Waals surface area contributed by atoms with Gasteiger partial charge in [-0.2, -0.15) is 0 Å². The summed E-state index contributed by atoms with van der Waals surface area (Å²) in [6.07, 6.45) is 7.79. The van der Waals surface area contributed by atoms with E-state index in [1.165, 1.54) is 51.6 Å². The number of rotatable bonds is 6. The molecule has 3 nitrogen and oxygen atoms in total. The highest BCUT2D eigenvalue weighted by Crippen LogP contribution is 2.35. The Bertz CT molecular complexity index is 325. The average molecular weight is 313 g/mol. The number of aliphatic hydroxyl groups is 1. The number of aliphatic hydroxyl groups excluding tert-OH is 1. The van der Waals surface area contributed by atoms with Crippen LogP contribution in [0.2, 0.25) is 0 Å². The molecule has 4 atom stereocenters. The van der Waals surface area contributed by atoms with Crippen molar-refractivity contribution in [2.24, 2.45) is 17.8 Å². The summed E-state index contributed by atoms with van der Waals surface area (Å²) in [6, 6.07) is 0. The first-order valence-corrected chi connectivity index (χ1v) is 9.53. The van der Waals surface area contributed by atoms with Crippen LogP contribution in [-0.2, 0) is 4.74 Å². The number of likely N-dealkylation sites (N-methyl/N-ethyl adjacent to an activating group) is 1. The molecule has 22 heavy (non-hydrogen) atoms. The predicted octanol–water partition coefficient (Wildman–Crippen LogP) is 3.46. The van der Waals surface area contributed by atoms with Crippen LogP contribution in [-0.4, -0.2) is 55.1 Å². The van der Waals surface area contributed by atoms with Crippen LogP contribution in [0.3, 0.4) is 0 Å². The zero-order chi connectivity index (χ0) is 16.2. The molecule has 1 saturated heterocycles. The van der Waals surface area contributed by atoms with Gasteiger partial charge >= 0.3 is 0 Å². The average Bonchev–Trinajstić information content (AvgIpc) is 2.45. The minimum Gasteiger partial charge on any atom is -0.385 e. The molecule has 0 radical (unpaired) electrons. The maximum Gasteiger partial charge on any atom is 0.126 e. The van der Waals surface area contributed by atoms with Gasteiger partial charge in [-0.25, -0.2) is 0 Å². The van der Waals surface area contributed by atoms with Gasteiger partial charge < -0.3 is 14.3 Å². The molecule has 2 fully saturated rings. The minimum atomic E-state index is -0.312. The van der Waals surface area contributed by atoms with E-state index in [9.17, 15) is 5.11 Å². The van der Waals surface area contributed by atoms with Gasteiger partial charge in [-0.05, 0) is 49.9 Å². The van der Waals surface area contributed by atoms with Crippen molar-refractivity contribution >= 4 is 0 Å². The van der Waals surface area contributed by atoms with Gasteiger partial charge in [0.05, 0.1) is 32.8 Å². The van der Waals surface area contributed by atoms with Crippen LogP contribution in [0, 0.1) is 17.8 Å². The Labute approximate surface area is 137 Å². The van der Waals surface area contributed by atoms with Crippen LogP contribution < -0.4 is 0 Å².